The van der Waals surface area contributed by atoms with Crippen molar-refractivity contribution in [2.45, 2.75) is 102 Å². The van der Waals surface area contributed by atoms with Crippen LogP contribution in [-0.4, -0.2) is 105 Å². The van der Waals surface area contributed by atoms with Crippen molar-refractivity contribution in [1.29, 1.82) is 0 Å². The first kappa shape index (κ1) is 41.6. The number of ether oxygens (including phenoxy) is 3. The van der Waals surface area contributed by atoms with Gasteiger partial charge in [-0.05, 0) is 106 Å². The van der Waals surface area contributed by atoms with Gasteiger partial charge in [0.05, 0.1) is 48.4 Å². The summed E-state index contributed by atoms with van der Waals surface area (Å²) < 4.78 is 15.3. The SMILES string of the molecule is COC(=O)N[C@H](C(=O)N1[C@@H](C)CC[C@H]1c1nc2ccc(C#Cc3ccc4c(ccc5nc([C@@H]6CC[C@H](C)N6C(=O)[C@@H](NC(=O)OC)C6CCOCC6)[nH]c54)c3)cc2[nH]1)C(C)C. The van der Waals surface area contributed by atoms with Gasteiger partial charge in [-0.1, -0.05) is 37.8 Å². The second-order valence-electron chi connectivity index (χ2n) is 16.9. The van der Waals surface area contributed by atoms with Crippen molar-refractivity contribution in [1.82, 2.24) is 40.4 Å². The smallest absolute Gasteiger partial charge is 0.407 e. The lowest BCUT2D eigenvalue weighted by Gasteiger charge is -2.36. The molecule has 4 N–H and O–H groups in total. The molecule has 6 atom stereocenters. The fourth-order valence-corrected chi connectivity index (χ4v) is 9.36. The second-order valence-corrected chi connectivity index (χ2v) is 16.9. The number of methoxy groups -OCH3 is 2. The number of hydrogen-bond donors (Lipinski definition) is 4. The van der Waals surface area contributed by atoms with Crippen molar-refractivity contribution < 1.29 is 33.4 Å². The van der Waals surface area contributed by atoms with E-state index in [0.717, 1.165) is 75.5 Å². The summed E-state index contributed by atoms with van der Waals surface area (Å²) in [5, 5.41) is 7.56. The first-order valence-electron chi connectivity index (χ1n) is 21.3. The van der Waals surface area contributed by atoms with Gasteiger partial charge in [0.2, 0.25) is 11.8 Å². The van der Waals surface area contributed by atoms with E-state index < -0.39 is 24.3 Å². The molecule has 0 bridgehead atoms. The zero-order valence-electron chi connectivity index (χ0n) is 35.5. The molecular weight excluding hydrogens is 777 g/mol. The fourth-order valence-electron chi connectivity index (χ4n) is 9.36. The standard InChI is InChI=1S/C46H54N8O7/c1-25(2)38(51-45(57)59-5)43(55)53-26(3)7-17-36(53)41-47-33-15-12-29(24-35(33)49-41)10-9-28-11-14-32-31(23-28)13-16-34-40(32)50-42(48-34)37-18-8-27(4)54(37)44(56)39(52-46(58)60-6)30-19-21-61-22-20-30/h11-16,23-27,30,36-39H,7-8,17-22H2,1-6H3,(H,47,49)(H,48,50)(H,51,57)(H,52,58)/t26-,27-,36-,37-,38-,39-/m0/s1. The number of carbonyl (C=O) groups excluding carboxylic acids is 4. The van der Waals surface area contributed by atoms with Crippen molar-refractivity contribution in [2.24, 2.45) is 11.8 Å². The molecular formula is C46H54N8O7. The number of alkyl carbamates (subject to hydrolysis) is 2. The van der Waals surface area contributed by atoms with E-state index in [9.17, 15) is 19.2 Å². The van der Waals surface area contributed by atoms with Crippen LogP contribution in [0.3, 0.4) is 0 Å². The molecule has 3 saturated heterocycles. The lowest BCUT2D eigenvalue weighted by molar-refractivity contribution is -0.139. The van der Waals surface area contributed by atoms with Crippen LogP contribution in [0.25, 0.3) is 32.8 Å². The average molecular weight is 831 g/mol. The van der Waals surface area contributed by atoms with Crippen LogP contribution in [0.5, 0.6) is 0 Å². The van der Waals surface area contributed by atoms with Gasteiger partial charge in [-0.3, -0.25) is 9.59 Å². The Hall–Kier alpha value is -6.14. The Labute approximate surface area is 354 Å². The fraction of sp³-hybridized carbons (Fsp3) is 0.478. The van der Waals surface area contributed by atoms with Gasteiger partial charge in [0.1, 0.15) is 23.7 Å². The van der Waals surface area contributed by atoms with Crippen LogP contribution in [0, 0.1) is 23.7 Å². The Kier molecular flexibility index (Phi) is 11.9. The number of likely N-dealkylation sites (tertiary alicyclic amines) is 2. The van der Waals surface area contributed by atoms with E-state index in [-0.39, 0.29) is 47.8 Å². The number of nitrogens with one attached hydrogen (secondary N) is 4. The minimum Gasteiger partial charge on any atom is -0.453 e. The minimum absolute atomic E-state index is 0.0168. The maximum atomic E-state index is 14.3. The summed E-state index contributed by atoms with van der Waals surface area (Å²) in [5.74, 6) is 7.62. The normalized spacial score (nSPS) is 21.7. The van der Waals surface area contributed by atoms with Crippen LogP contribution >= 0.6 is 0 Å². The summed E-state index contributed by atoms with van der Waals surface area (Å²) in [6, 6.07) is 14.0. The molecule has 3 fully saturated rings. The first-order chi connectivity index (χ1) is 29.4. The Morgan fingerprint density at radius 2 is 1.33 bits per heavy atom. The number of benzene rings is 3. The molecule has 0 unspecified atom stereocenters. The summed E-state index contributed by atoms with van der Waals surface area (Å²) in [6.45, 7) is 8.98. The van der Waals surface area contributed by atoms with Crippen LogP contribution in [-0.2, 0) is 23.8 Å². The average Bonchev–Trinajstić information content (AvgIpc) is 4.07. The first-order valence-corrected chi connectivity index (χ1v) is 21.3. The molecule has 2 aromatic heterocycles. The maximum absolute atomic E-state index is 14.3. The van der Waals surface area contributed by atoms with E-state index in [0.29, 0.717) is 31.9 Å². The number of aromatic nitrogens is 4. The van der Waals surface area contributed by atoms with Crippen LogP contribution in [0.1, 0.15) is 101 Å². The van der Waals surface area contributed by atoms with E-state index in [1.54, 1.807) is 0 Å². The Morgan fingerprint density at radius 1 is 0.738 bits per heavy atom. The highest BCUT2D eigenvalue weighted by Gasteiger charge is 2.44. The van der Waals surface area contributed by atoms with Gasteiger partial charge in [-0.2, -0.15) is 0 Å². The molecule has 5 heterocycles. The maximum Gasteiger partial charge on any atom is 0.407 e. The molecule has 15 heteroatoms. The van der Waals surface area contributed by atoms with E-state index >= 15 is 0 Å². The molecule has 3 aliphatic rings. The minimum atomic E-state index is -0.719. The topological polar surface area (TPSA) is 184 Å². The largest absolute Gasteiger partial charge is 0.453 e. The zero-order valence-corrected chi connectivity index (χ0v) is 35.5. The molecule has 320 valence electrons. The number of rotatable bonds is 8. The van der Waals surface area contributed by atoms with Crippen LogP contribution < -0.4 is 10.6 Å². The third kappa shape index (κ3) is 8.33. The molecule has 0 saturated carbocycles. The van der Waals surface area contributed by atoms with Crippen LogP contribution in [0.4, 0.5) is 9.59 Å². The number of imidazole rings is 2. The predicted octanol–water partition coefficient (Wildman–Crippen LogP) is 6.63. The summed E-state index contributed by atoms with van der Waals surface area (Å²) >= 11 is 0. The lowest BCUT2D eigenvalue weighted by Crippen LogP contribution is -2.54. The molecule has 3 aliphatic heterocycles. The molecule has 5 aromatic rings. The molecule has 8 rings (SSSR count). The van der Waals surface area contributed by atoms with Crippen molar-refractivity contribution in [3.8, 4) is 11.8 Å². The highest BCUT2D eigenvalue weighted by Crippen LogP contribution is 2.39. The summed E-state index contributed by atoms with van der Waals surface area (Å²) in [6.07, 6.45) is 3.25. The number of amides is 4. The second kappa shape index (κ2) is 17.5. The van der Waals surface area contributed by atoms with Gasteiger partial charge in [0.25, 0.3) is 0 Å². The van der Waals surface area contributed by atoms with Crippen molar-refractivity contribution in [2.75, 3.05) is 27.4 Å². The number of aromatic amines is 2. The molecule has 4 amide bonds. The van der Waals surface area contributed by atoms with Crippen molar-refractivity contribution >= 4 is 56.8 Å². The van der Waals surface area contributed by atoms with E-state index in [2.05, 4.69) is 44.6 Å². The number of nitrogens with zero attached hydrogens (tertiary/aromatic N) is 4. The quantitative estimate of drug-likeness (QED) is 0.125. The lowest BCUT2D eigenvalue weighted by atomic mass is 9.90. The number of fused-ring (bicyclic) bond motifs is 4. The van der Waals surface area contributed by atoms with Crippen LogP contribution in [0.2, 0.25) is 0 Å². The molecule has 61 heavy (non-hydrogen) atoms. The van der Waals surface area contributed by atoms with Crippen LogP contribution in [0.15, 0.2) is 48.5 Å². The van der Waals surface area contributed by atoms with E-state index in [4.69, 9.17) is 24.2 Å². The van der Waals surface area contributed by atoms with Gasteiger partial charge in [0, 0.05) is 41.8 Å². The Balaban J connectivity index is 1.01. The summed E-state index contributed by atoms with van der Waals surface area (Å²) in [7, 11) is 2.60. The highest BCUT2D eigenvalue weighted by molar-refractivity contribution is 6.04. The van der Waals surface area contributed by atoms with Crippen molar-refractivity contribution in [3.05, 3.63) is 71.3 Å². The summed E-state index contributed by atoms with van der Waals surface area (Å²) in [5.41, 5.74) is 4.98. The number of H-pyrrole nitrogens is 2. The molecule has 0 spiro atoms. The Morgan fingerprint density at radius 3 is 2.00 bits per heavy atom. The number of carbonyl (C=O) groups is 4. The molecule has 15 nitrogen and oxygen atoms in total. The third-order valence-corrected chi connectivity index (χ3v) is 12.7. The van der Waals surface area contributed by atoms with E-state index in [1.165, 1.54) is 14.2 Å². The van der Waals surface area contributed by atoms with Crippen molar-refractivity contribution in [3.63, 3.8) is 0 Å². The van der Waals surface area contributed by atoms with Gasteiger partial charge < -0.3 is 44.6 Å². The predicted molar refractivity (Wildman–Crippen MR) is 229 cm³/mol. The highest BCUT2D eigenvalue weighted by atomic mass is 16.5. The Bertz CT molecular complexity index is 2530. The summed E-state index contributed by atoms with van der Waals surface area (Å²) in [4.78, 5) is 73.2. The monoisotopic (exact) mass is 830 g/mol. The molecule has 0 aliphatic carbocycles. The van der Waals surface area contributed by atoms with Gasteiger partial charge in [-0.15, -0.1) is 0 Å². The van der Waals surface area contributed by atoms with Gasteiger partial charge in [-0.25, -0.2) is 19.6 Å². The third-order valence-electron chi connectivity index (χ3n) is 12.7. The van der Waals surface area contributed by atoms with Gasteiger partial charge >= 0.3 is 12.2 Å². The zero-order chi connectivity index (χ0) is 42.9. The number of hydrogen-bond acceptors (Lipinski definition) is 9. The van der Waals surface area contributed by atoms with E-state index in [1.807, 2.05) is 73.9 Å². The molecule has 3 aromatic carbocycles. The molecule has 0 radical (unpaired) electrons. The van der Waals surface area contributed by atoms with Gasteiger partial charge in [0.15, 0.2) is 0 Å².